The van der Waals surface area contributed by atoms with Gasteiger partial charge in [0.25, 0.3) is 0 Å². The van der Waals surface area contributed by atoms with Crippen LogP contribution in [0.5, 0.6) is 23.0 Å². The van der Waals surface area contributed by atoms with Crippen molar-refractivity contribution < 1.29 is 79.5 Å². The maximum absolute atomic E-state index is 11.0. The van der Waals surface area contributed by atoms with Crippen LogP contribution in [0.4, 0.5) is 0 Å². The highest BCUT2D eigenvalue weighted by Gasteiger charge is 2.48. The summed E-state index contributed by atoms with van der Waals surface area (Å²) in [6.07, 6.45) is -15.4. The molecule has 46 heavy (non-hydrogen) atoms. The highest BCUT2D eigenvalue weighted by atomic mass is 16.7. The first-order valence-electron chi connectivity index (χ1n) is 14.3. The molecule has 0 amide bonds. The maximum atomic E-state index is 11.0. The second-order valence-electron chi connectivity index (χ2n) is 10.9. The number of rotatable bonds is 12. The van der Waals surface area contributed by atoms with Crippen molar-refractivity contribution in [2.45, 2.75) is 80.7 Å². The van der Waals surface area contributed by atoms with Crippen molar-refractivity contribution in [1.82, 2.24) is 0 Å². The van der Waals surface area contributed by atoms with E-state index in [1.165, 1.54) is 44.4 Å². The van der Waals surface area contributed by atoms with Crippen molar-refractivity contribution in [3.05, 3.63) is 53.6 Å². The molecule has 16 nitrogen and oxygen atoms in total. The largest absolute Gasteiger partial charge is 0.504 e. The molecule has 16 heteroatoms. The summed E-state index contributed by atoms with van der Waals surface area (Å²) in [5, 5.41) is 103. The van der Waals surface area contributed by atoms with Gasteiger partial charge >= 0.3 is 0 Å². The summed E-state index contributed by atoms with van der Waals surface area (Å²) in [7, 11) is 1.39. The lowest BCUT2D eigenvalue weighted by molar-refractivity contribution is -0.340. The Kier molecular flexibility index (Phi) is 12.2. The molecule has 0 aromatic heterocycles. The van der Waals surface area contributed by atoms with Crippen LogP contribution in [0.1, 0.15) is 24.2 Å². The molecule has 2 saturated heterocycles. The summed E-state index contributed by atoms with van der Waals surface area (Å²) >= 11 is 0. The summed E-state index contributed by atoms with van der Waals surface area (Å²) in [5.41, 5.74) is 0.634. The first-order valence-corrected chi connectivity index (χ1v) is 14.3. The molecule has 0 bridgehead atoms. The van der Waals surface area contributed by atoms with E-state index in [4.69, 9.17) is 28.4 Å². The van der Waals surface area contributed by atoms with Gasteiger partial charge < -0.3 is 79.5 Å². The molecule has 4 rings (SSSR count). The van der Waals surface area contributed by atoms with Gasteiger partial charge in [-0.1, -0.05) is 18.2 Å². The molecular weight excluding hydrogens is 616 g/mol. The zero-order valence-electron chi connectivity index (χ0n) is 24.9. The second-order valence-corrected chi connectivity index (χ2v) is 10.9. The molecule has 4 unspecified atom stereocenters. The van der Waals surface area contributed by atoms with Crippen LogP contribution in [0.15, 0.2) is 42.5 Å². The maximum Gasteiger partial charge on any atom is 0.186 e. The number of phenolic OH excluding ortho intramolecular Hbond substituents is 3. The van der Waals surface area contributed by atoms with E-state index in [2.05, 4.69) is 0 Å². The van der Waals surface area contributed by atoms with Gasteiger partial charge in [0.1, 0.15) is 48.8 Å². The molecule has 2 fully saturated rings. The van der Waals surface area contributed by atoms with E-state index in [-0.39, 0.29) is 17.1 Å². The molecule has 0 radical (unpaired) electrons. The number of aliphatic hydroxyl groups excluding tert-OH is 7. The van der Waals surface area contributed by atoms with Crippen molar-refractivity contribution in [3.8, 4) is 23.0 Å². The Morgan fingerprint density at radius 1 is 0.783 bits per heavy atom. The van der Waals surface area contributed by atoms with E-state index in [1.807, 2.05) is 0 Å². The van der Waals surface area contributed by atoms with Gasteiger partial charge in [-0.3, -0.25) is 0 Å². The predicted molar refractivity (Wildman–Crippen MR) is 154 cm³/mol. The van der Waals surface area contributed by atoms with Crippen LogP contribution in [0.2, 0.25) is 0 Å². The molecular formula is C30H40O16. The normalized spacial score (nSPS) is 33.2. The Morgan fingerprint density at radius 3 is 2.15 bits per heavy atom. The smallest absolute Gasteiger partial charge is 0.186 e. The Labute approximate surface area is 263 Å². The van der Waals surface area contributed by atoms with Crippen LogP contribution < -0.4 is 4.74 Å². The number of aliphatic hydroxyl groups is 7. The first kappa shape index (κ1) is 35.7. The lowest BCUT2D eigenvalue weighted by atomic mass is 9.98. The van der Waals surface area contributed by atoms with Crippen molar-refractivity contribution in [1.29, 1.82) is 0 Å². The Balaban J connectivity index is 1.47. The van der Waals surface area contributed by atoms with Crippen molar-refractivity contribution in [3.63, 3.8) is 0 Å². The molecule has 12 atom stereocenters. The number of hydrogen-bond acceptors (Lipinski definition) is 16. The van der Waals surface area contributed by atoms with Gasteiger partial charge in [0.05, 0.1) is 26.4 Å². The third kappa shape index (κ3) is 8.43. The summed E-state index contributed by atoms with van der Waals surface area (Å²) in [6, 6.07) is 8.08. The highest BCUT2D eigenvalue weighted by Crippen LogP contribution is 2.31. The molecule has 0 saturated carbocycles. The van der Waals surface area contributed by atoms with Crippen LogP contribution >= 0.6 is 0 Å². The van der Waals surface area contributed by atoms with Crippen LogP contribution in [0.3, 0.4) is 0 Å². The van der Waals surface area contributed by atoms with Crippen LogP contribution in [-0.2, 0) is 23.7 Å². The molecule has 2 aliphatic heterocycles. The molecule has 2 aromatic carbocycles. The highest BCUT2D eigenvalue weighted by molar-refractivity contribution is 5.55. The van der Waals surface area contributed by atoms with Crippen molar-refractivity contribution >= 4 is 6.08 Å². The SMILES string of the molecule is COc1ccc(/C=C/C(O)OC2[C@@H](CO[C@@H]3O[C@@H](C)[C@H](O)[C@@H](O)[C@@H]3O)OC(OCC(O)c3ccc(O)c(O)c3)[C@H](O)[C@H]2O)cc1O. The standard InChI is InChI=1S/C30H40O16/c1-13-23(36)24(37)26(39)29(44-13)43-12-21-28(46-22(35)8-4-14-3-7-20(41-2)18(33)9-14)25(38)27(40)30(45-21)42-11-19(34)15-5-6-16(31)17(32)10-15/h3-10,13,19,21-40H,11-12H2,1-2H3/b8-4+/t13-,19?,21+,22?,23-,24+,25+,26-,27+,28?,29+,30?/m0/s1. The fourth-order valence-electron chi connectivity index (χ4n) is 4.93. The summed E-state index contributed by atoms with van der Waals surface area (Å²) in [5.74, 6) is -0.785. The fourth-order valence-corrected chi connectivity index (χ4v) is 4.93. The van der Waals surface area contributed by atoms with Gasteiger partial charge in [-0.05, 0) is 48.4 Å². The van der Waals surface area contributed by atoms with Gasteiger partial charge in [-0.25, -0.2) is 0 Å². The van der Waals surface area contributed by atoms with Crippen LogP contribution in [0.25, 0.3) is 6.08 Å². The Hall–Kier alpha value is -3.10. The lowest BCUT2D eigenvalue weighted by Gasteiger charge is -2.44. The molecule has 256 valence electrons. The number of ether oxygens (including phenoxy) is 6. The average molecular weight is 657 g/mol. The number of phenols is 3. The van der Waals surface area contributed by atoms with E-state index in [0.717, 1.165) is 12.1 Å². The summed E-state index contributed by atoms with van der Waals surface area (Å²) < 4.78 is 33.0. The molecule has 10 N–H and O–H groups in total. The van der Waals surface area contributed by atoms with Gasteiger partial charge in [-0.15, -0.1) is 0 Å². The van der Waals surface area contributed by atoms with E-state index in [0.29, 0.717) is 5.56 Å². The fraction of sp³-hybridized carbons (Fsp3) is 0.533. The molecule has 0 spiro atoms. The van der Waals surface area contributed by atoms with Crippen LogP contribution in [0, 0.1) is 0 Å². The second kappa shape index (κ2) is 15.7. The number of aromatic hydroxyl groups is 3. The van der Waals surface area contributed by atoms with Gasteiger partial charge in [0.15, 0.2) is 41.9 Å². The van der Waals surface area contributed by atoms with E-state index in [1.54, 1.807) is 6.07 Å². The Morgan fingerprint density at radius 2 is 1.48 bits per heavy atom. The number of methoxy groups -OCH3 is 1. The molecule has 2 heterocycles. The van der Waals surface area contributed by atoms with E-state index in [9.17, 15) is 51.1 Å². The lowest BCUT2D eigenvalue weighted by Crippen LogP contribution is -2.62. The first-order chi connectivity index (χ1) is 21.8. The third-order valence-corrected chi connectivity index (χ3v) is 7.63. The van der Waals surface area contributed by atoms with E-state index < -0.39 is 98.5 Å². The van der Waals surface area contributed by atoms with Crippen LogP contribution in [-0.4, -0.2) is 139 Å². The number of hydrogen-bond donors (Lipinski definition) is 10. The molecule has 2 aliphatic rings. The summed E-state index contributed by atoms with van der Waals surface area (Å²) in [4.78, 5) is 0. The molecule has 2 aromatic rings. The van der Waals surface area contributed by atoms with Gasteiger partial charge in [0, 0.05) is 0 Å². The zero-order chi connectivity index (χ0) is 33.7. The van der Waals surface area contributed by atoms with Crippen molar-refractivity contribution in [2.75, 3.05) is 20.3 Å². The van der Waals surface area contributed by atoms with Gasteiger partial charge in [0.2, 0.25) is 0 Å². The minimum absolute atomic E-state index is 0.144. The van der Waals surface area contributed by atoms with Crippen molar-refractivity contribution in [2.24, 2.45) is 0 Å². The minimum atomic E-state index is -1.77. The molecule has 0 aliphatic carbocycles. The quantitative estimate of drug-likeness (QED) is 0.0928. The number of benzene rings is 2. The van der Waals surface area contributed by atoms with E-state index >= 15 is 0 Å². The van der Waals surface area contributed by atoms with Gasteiger partial charge in [-0.2, -0.15) is 0 Å². The topological polar surface area (TPSA) is 258 Å². The minimum Gasteiger partial charge on any atom is -0.504 e. The predicted octanol–water partition coefficient (Wildman–Crippen LogP) is -1.43. The average Bonchev–Trinajstić information content (AvgIpc) is 3.03. The zero-order valence-corrected chi connectivity index (χ0v) is 24.9. The Bertz CT molecular complexity index is 1310. The summed E-state index contributed by atoms with van der Waals surface area (Å²) in [6.45, 7) is 0.445. The third-order valence-electron chi connectivity index (χ3n) is 7.63. The monoisotopic (exact) mass is 656 g/mol.